The highest BCUT2D eigenvalue weighted by Crippen LogP contribution is 2.31. The normalized spacial score (nSPS) is 19.8. The number of unbranched alkanes of at least 4 members (excludes halogenated alkanes) is 1. The summed E-state index contributed by atoms with van der Waals surface area (Å²) in [6.07, 6.45) is 12.4. The molecular weight excluding hydrogens is 578 g/mol. The van der Waals surface area contributed by atoms with E-state index in [0.29, 0.717) is 37.4 Å². The molecule has 9 nitrogen and oxygen atoms in total. The summed E-state index contributed by atoms with van der Waals surface area (Å²) in [6, 6.07) is 12.7. The number of aryl methyl sites for hydroxylation is 1. The summed E-state index contributed by atoms with van der Waals surface area (Å²) >= 11 is 0. The highest BCUT2D eigenvalue weighted by atomic mass is 16.5. The van der Waals surface area contributed by atoms with Crippen molar-refractivity contribution in [2.45, 2.75) is 95.6 Å². The molecule has 0 bridgehead atoms. The molecule has 1 aliphatic carbocycles. The van der Waals surface area contributed by atoms with Gasteiger partial charge in [0.05, 0.1) is 0 Å². The molecule has 2 saturated heterocycles. The van der Waals surface area contributed by atoms with E-state index in [1.807, 2.05) is 36.4 Å². The number of pyridine rings is 1. The molecule has 3 amide bonds. The van der Waals surface area contributed by atoms with E-state index in [1.165, 1.54) is 0 Å². The molecule has 0 radical (unpaired) electrons. The molecule has 0 unspecified atom stereocenters. The fourth-order valence-electron chi connectivity index (χ4n) is 7.15. The topological polar surface area (TPSA) is 113 Å². The van der Waals surface area contributed by atoms with E-state index in [2.05, 4.69) is 32.8 Å². The van der Waals surface area contributed by atoms with Gasteiger partial charge >= 0.3 is 0 Å². The second kappa shape index (κ2) is 17.0. The number of likely N-dealkylation sites (tertiary alicyclic amines) is 1. The Morgan fingerprint density at radius 3 is 2.37 bits per heavy atom. The molecule has 1 aromatic carbocycles. The highest BCUT2D eigenvalue weighted by molar-refractivity contribution is 5.99. The van der Waals surface area contributed by atoms with Gasteiger partial charge in [-0.3, -0.25) is 19.4 Å². The van der Waals surface area contributed by atoms with E-state index < -0.39 is 11.6 Å². The Morgan fingerprint density at radius 2 is 1.70 bits per heavy atom. The van der Waals surface area contributed by atoms with Gasteiger partial charge in [-0.1, -0.05) is 62.6 Å². The van der Waals surface area contributed by atoms with Crippen LogP contribution in [0.3, 0.4) is 0 Å². The quantitative estimate of drug-likeness (QED) is 0.284. The molecule has 9 heteroatoms. The number of hydrogen-bond donors (Lipinski definition) is 3. The van der Waals surface area contributed by atoms with Crippen LogP contribution in [0.5, 0.6) is 0 Å². The molecule has 1 saturated carbocycles. The van der Waals surface area contributed by atoms with Crippen LogP contribution in [0.1, 0.15) is 92.7 Å². The van der Waals surface area contributed by atoms with Crippen molar-refractivity contribution in [2.75, 3.05) is 39.4 Å². The summed E-state index contributed by atoms with van der Waals surface area (Å²) in [7, 11) is 0. The third-order valence-corrected chi connectivity index (χ3v) is 10.2. The Kier molecular flexibility index (Phi) is 12.6. The first-order valence-corrected chi connectivity index (χ1v) is 17.6. The lowest BCUT2D eigenvalue weighted by molar-refractivity contribution is -0.132. The minimum atomic E-state index is -1.06. The summed E-state index contributed by atoms with van der Waals surface area (Å²) in [6.45, 7) is 7.77. The number of ether oxygens (including phenoxy) is 1. The summed E-state index contributed by atoms with van der Waals surface area (Å²) in [5.74, 6) is 0.323. The average Bonchev–Trinajstić information content (AvgIpc) is 3.57. The zero-order valence-corrected chi connectivity index (χ0v) is 27.6. The third kappa shape index (κ3) is 9.61. The Balaban J connectivity index is 1.18. The predicted molar refractivity (Wildman–Crippen MR) is 179 cm³/mol. The van der Waals surface area contributed by atoms with Gasteiger partial charge in [-0.25, -0.2) is 0 Å². The van der Waals surface area contributed by atoms with Crippen LogP contribution >= 0.6 is 0 Å². The summed E-state index contributed by atoms with van der Waals surface area (Å²) in [4.78, 5) is 47.9. The first-order valence-electron chi connectivity index (χ1n) is 17.6. The summed E-state index contributed by atoms with van der Waals surface area (Å²) < 4.78 is 5.52. The monoisotopic (exact) mass is 631 g/mol. The van der Waals surface area contributed by atoms with Gasteiger partial charge in [0, 0.05) is 38.9 Å². The van der Waals surface area contributed by atoms with Gasteiger partial charge in [-0.15, -0.1) is 0 Å². The van der Waals surface area contributed by atoms with Crippen LogP contribution < -0.4 is 16.0 Å². The minimum Gasteiger partial charge on any atom is -0.381 e. The number of piperidine rings is 1. The lowest BCUT2D eigenvalue weighted by atomic mass is 9.93. The average molecular weight is 632 g/mol. The van der Waals surface area contributed by atoms with Gasteiger partial charge in [0.25, 0.3) is 5.91 Å². The molecule has 5 rings (SSSR count). The van der Waals surface area contributed by atoms with Crippen molar-refractivity contribution in [1.82, 2.24) is 25.8 Å². The van der Waals surface area contributed by atoms with Crippen LogP contribution in [0, 0.1) is 11.8 Å². The highest BCUT2D eigenvalue weighted by Gasteiger charge is 2.44. The number of aromatic nitrogens is 1. The number of amides is 3. The van der Waals surface area contributed by atoms with E-state index in [1.54, 1.807) is 12.3 Å². The lowest BCUT2D eigenvalue weighted by Gasteiger charge is -2.35. The molecule has 250 valence electrons. The van der Waals surface area contributed by atoms with Crippen LogP contribution in [0.25, 0.3) is 0 Å². The van der Waals surface area contributed by atoms with Crippen LogP contribution in [0.2, 0.25) is 0 Å². The zero-order chi connectivity index (χ0) is 32.2. The number of hydrogen-bond acceptors (Lipinski definition) is 6. The summed E-state index contributed by atoms with van der Waals surface area (Å²) in [5.41, 5.74) is 1.31. The molecule has 2 aliphatic heterocycles. The predicted octanol–water partition coefficient (Wildman–Crippen LogP) is 4.45. The van der Waals surface area contributed by atoms with Crippen LogP contribution in [0.4, 0.5) is 0 Å². The molecule has 3 fully saturated rings. The van der Waals surface area contributed by atoms with Crippen LogP contribution in [-0.4, -0.2) is 78.6 Å². The van der Waals surface area contributed by atoms with E-state index in [9.17, 15) is 14.4 Å². The summed E-state index contributed by atoms with van der Waals surface area (Å²) in [5, 5.41) is 9.29. The maximum absolute atomic E-state index is 14.0. The minimum absolute atomic E-state index is 0.175. The lowest BCUT2D eigenvalue weighted by Crippen LogP contribution is -2.61. The maximum Gasteiger partial charge on any atom is 0.270 e. The molecule has 3 N–H and O–H groups in total. The van der Waals surface area contributed by atoms with E-state index >= 15 is 0 Å². The van der Waals surface area contributed by atoms with E-state index in [-0.39, 0.29) is 17.7 Å². The van der Waals surface area contributed by atoms with Gasteiger partial charge in [-0.05, 0) is 93.5 Å². The van der Waals surface area contributed by atoms with Crippen molar-refractivity contribution in [3.8, 4) is 0 Å². The number of benzene rings is 1. The van der Waals surface area contributed by atoms with Crippen molar-refractivity contribution in [3.05, 3.63) is 65.5 Å². The second-order valence-corrected chi connectivity index (χ2v) is 13.7. The molecule has 3 aliphatic rings. The molecular formula is C37H53N5O4. The zero-order valence-electron chi connectivity index (χ0n) is 27.6. The Morgan fingerprint density at radius 1 is 0.957 bits per heavy atom. The van der Waals surface area contributed by atoms with Crippen molar-refractivity contribution >= 4 is 17.7 Å². The van der Waals surface area contributed by atoms with Gasteiger partial charge in [0.15, 0.2) is 0 Å². The van der Waals surface area contributed by atoms with Crippen LogP contribution in [0.15, 0.2) is 48.7 Å². The number of nitrogens with zero attached hydrogens (tertiary/aromatic N) is 2. The molecule has 1 aromatic heterocycles. The Labute approximate surface area is 274 Å². The fourth-order valence-corrected chi connectivity index (χ4v) is 7.15. The van der Waals surface area contributed by atoms with E-state index in [4.69, 9.17) is 4.74 Å². The Bertz CT molecular complexity index is 1250. The molecule has 2 aromatic rings. The van der Waals surface area contributed by atoms with Crippen LogP contribution in [-0.2, 0) is 27.2 Å². The van der Waals surface area contributed by atoms with Crippen molar-refractivity contribution in [1.29, 1.82) is 0 Å². The smallest absolute Gasteiger partial charge is 0.270 e. The van der Waals surface area contributed by atoms with Crippen molar-refractivity contribution in [3.63, 3.8) is 0 Å². The molecule has 46 heavy (non-hydrogen) atoms. The molecule has 0 spiro atoms. The fraction of sp³-hybridized carbons (Fsp3) is 0.622. The number of carbonyl (C=O) groups excluding carboxylic acids is 3. The third-order valence-electron chi connectivity index (χ3n) is 10.2. The van der Waals surface area contributed by atoms with Gasteiger partial charge in [0.1, 0.15) is 17.3 Å². The number of rotatable bonds is 14. The SMILES string of the molecule is CCCCc1ccc(C(=O)NC2(C(=O)N[C@@H](Cc3ccccc3)C(=O)NCC3CCN(CC4CCOCC4)CC3)CCCC2)nc1. The van der Waals surface area contributed by atoms with E-state index in [0.717, 1.165) is 108 Å². The largest absolute Gasteiger partial charge is 0.381 e. The molecule has 1 atom stereocenters. The van der Waals surface area contributed by atoms with Crippen molar-refractivity contribution in [2.24, 2.45) is 11.8 Å². The van der Waals surface area contributed by atoms with Gasteiger partial charge in [0.2, 0.25) is 11.8 Å². The first-order chi connectivity index (χ1) is 22.4. The van der Waals surface area contributed by atoms with Crippen molar-refractivity contribution < 1.29 is 19.1 Å². The standard InChI is InChI=1S/C37H53N5O4/c1-2-3-9-29-12-13-32(38-25-29)35(44)41-37(18-7-8-19-37)36(45)40-33(24-28-10-5-4-6-11-28)34(43)39-26-30-14-20-42(21-15-30)27-31-16-22-46-23-17-31/h4-6,10-13,25,30-31,33H,2-3,7-9,14-24,26-27H2,1H3,(H,39,43)(H,40,45)(H,41,44)/t33-/m0/s1. The second-order valence-electron chi connectivity index (χ2n) is 13.7. The number of carbonyl (C=O) groups is 3. The first kappa shape index (κ1) is 34.0. The maximum atomic E-state index is 14.0. The Hall–Kier alpha value is -3.30. The van der Waals surface area contributed by atoms with Gasteiger partial charge in [-0.2, -0.15) is 0 Å². The number of nitrogens with one attached hydrogen (secondary N) is 3. The molecule has 3 heterocycles. The van der Waals surface area contributed by atoms with Gasteiger partial charge < -0.3 is 25.6 Å².